The molecule has 1 aliphatic rings. The first kappa shape index (κ1) is 15.7. The second-order valence-electron chi connectivity index (χ2n) is 5.73. The number of anilines is 1. The van der Waals surface area contributed by atoms with E-state index < -0.39 is 0 Å². The number of carbonyl (C=O) groups excluding carboxylic acids is 1. The molecule has 4 rings (SSSR count). The first-order valence-electron chi connectivity index (χ1n) is 8.13. The third kappa shape index (κ3) is 3.36. The number of aromatic nitrogens is 3. The summed E-state index contributed by atoms with van der Waals surface area (Å²) < 4.78 is 0. The molecule has 1 aromatic carbocycles. The lowest BCUT2D eigenvalue weighted by molar-refractivity contribution is 0.0741. The van der Waals surface area contributed by atoms with Crippen LogP contribution in [-0.2, 0) is 0 Å². The number of benzene rings is 1. The number of carbonyl (C=O) groups is 1. The number of rotatable bonds is 3. The Bertz CT molecular complexity index is 844. The molecule has 1 fully saturated rings. The normalized spacial score (nSPS) is 14.6. The summed E-state index contributed by atoms with van der Waals surface area (Å²) in [5.41, 5.74) is 1.56. The monoisotopic (exact) mass is 351 g/mol. The molecule has 6 nitrogen and oxygen atoms in total. The smallest absolute Gasteiger partial charge is 0.273 e. The minimum absolute atomic E-state index is 0.00735. The standard InChI is InChI=1S/C18H17N5OS/c24-17(15-13-25-16(21-15)14-5-2-1-3-6-14)22-9-11-23(12-10-22)18-19-7-4-8-20-18/h1-8,13H,9-12H2. The van der Waals surface area contributed by atoms with E-state index in [1.807, 2.05) is 40.6 Å². The van der Waals surface area contributed by atoms with Gasteiger partial charge in [-0.3, -0.25) is 4.79 Å². The molecular weight excluding hydrogens is 334 g/mol. The molecule has 0 saturated carbocycles. The van der Waals surface area contributed by atoms with Crippen molar-refractivity contribution in [2.75, 3.05) is 31.1 Å². The Morgan fingerprint density at radius 3 is 2.40 bits per heavy atom. The first-order valence-corrected chi connectivity index (χ1v) is 9.01. The third-order valence-corrected chi connectivity index (χ3v) is 5.04. The van der Waals surface area contributed by atoms with E-state index in [1.54, 1.807) is 18.5 Å². The van der Waals surface area contributed by atoms with Gasteiger partial charge in [-0.25, -0.2) is 15.0 Å². The Balaban J connectivity index is 1.42. The fourth-order valence-corrected chi connectivity index (χ4v) is 3.61. The van der Waals surface area contributed by atoms with E-state index in [0.717, 1.165) is 29.6 Å². The van der Waals surface area contributed by atoms with Crippen molar-refractivity contribution in [2.45, 2.75) is 0 Å². The van der Waals surface area contributed by atoms with Gasteiger partial charge in [-0.1, -0.05) is 30.3 Å². The molecule has 1 amide bonds. The molecule has 0 radical (unpaired) electrons. The zero-order chi connectivity index (χ0) is 17.1. The van der Waals surface area contributed by atoms with Crippen molar-refractivity contribution in [3.8, 4) is 10.6 Å². The molecular formula is C18H17N5OS. The summed E-state index contributed by atoms with van der Waals surface area (Å²) in [4.78, 5) is 29.7. The van der Waals surface area contributed by atoms with Crippen molar-refractivity contribution in [2.24, 2.45) is 0 Å². The Kier molecular flexibility index (Phi) is 4.39. The summed E-state index contributed by atoms with van der Waals surface area (Å²) in [5.74, 6) is 0.710. The van der Waals surface area contributed by atoms with Crippen LogP contribution in [0.4, 0.5) is 5.95 Å². The molecule has 3 aromatic rings. The van der Waals surface area contributed by atoms with E-state index in [0.29, 0.717) is 18.8 Å². The van der Waals surface area contributed by atoms with Crippen LogP contribution in [0, 0.1) is 0 Å². The Morgan fingerprint density at radius 1 is 0.960 bits per heavy atom. The highest BCUT2D eigenvalue weighted by Gasteiger charge is 2.25. The molecule has 0 unspecified atom stereocenters. The molecule has 0 N–H and O–H groups in total. The molecule has 0 aliphatic carbocycles. The van der Waals surface area contributed by atoms with Gasteiger partial charge in [0.2, 0.25) is 5.95 Å². The zero-order valence-electron chi connectivity index (χ0n) is 13.6. The lowest BCUT2D eigenvalue weighted by Gasteiger charge is -2.34. The van der Waals surface area contributed by atoms with Crippen LogP contribution in [0.3, 0.4) is 0 Å². The molecule has 126 valence electrons. The van der Waals surface area contributed by atoms with Crippen molar-refractivity contribution < 1.29 is 4.79 Å². The molecule has 0 bridgehead atoms. The number of amides is 1. The third-order valence-electron chi connectivity index (χ3n) is 4.15. The van der Waals surface area contributed by atoms with Crippen LogP contribution in [0.5, 0.6) is 0 Å². The fourth-order valence-electron chi connectivity index (χ4n) is 2.81. The minimum Gasteiger partial charge on any atom is -0.337 e. The molecule has 0 atom stereocenters. The van der Waals surface area contributed by atoms with Gasteiger partial charge in [0.05, 0.1) is 0 Å². The maximum atomic E-state index is 12.7. The van der Waals surface area contributed by atoms with E-state index in [4.69, 9.17) is 0 Å². The minimum atomic E-state index is -0.00735. The number of hydrogen-bond donors (Lipinski definition) is 0. The van der Waals surface area contributed by atoms with Gasteiger partial charge in [-0.05, 0) is 6.07 Å². The topological polar surface area (TPSA) is 62.2 Å². The van der Waals surface area contributed by atoms with Crippen molar-refractivity contribution in [3.63, 3.8) is 0 Å². The molecule has 0 spiro atoms. The van der Waals surface area contributed by atoms with Gasteiger partial charge in [0.15, 0.2) is 0 Å². The zero-order valence-corrected chi connectivity index (χ0v) is 14.4. The first-order chi connectivity index (χ1) is 12.3. The average Bonchev–Trinajstić information content (AvgIpc) is 3.19. The van der Waals surface area contributed by atoms with Gasteiger partial charge in [-0.15, -0.1) is 11.3 Å². The average molecular weight is 351 g/mol. The van der Waals surface area contributed by atoms with E-state index in [1.165, 1.54) is 11.3 Å². The van der Waals surface area contributed by atoms with Gasteiger partial charge >= 0.3 is 0 Å². The highest BCUT2D eigenvalue weighted by Crippen LogP contribution is 2.24. The van der Waals surface area contributed by atoms with Crippen LogP contribution in [-0.4, -0.2) is 51.9 Å². The molecule has 1 aliphatic heterocycles. The van der Waals surface area contributed by atoms with Crippen LogP contribution >= 0.6 is 11.3 Å². The van der Waals surface area contributed by atoms with Crippen molar-refractivity contribution >= 4 is 23.2 Å². The molecule has 25 heavy (non-hydrogen) atoms. The summed E-state index contributed by atoms with van der Waals surface area (Å²) in [7, 11) is 0. The van der Waals surface area contributed by atoms with E-state index in [9.17, 15) is 4.79 Å². The maximum Gasteiger partial charge on any atom is 0.273 e. The quantitative estimate of drug-likeness (QED) is 0.726. The summed E-state index contributed by atoms with van der Waals surface area (Å²) in [5, 5.41) is 2.72. The van der Waals surface area contributed by atoms with E-state index in [-0.39, 0.29) is 5.91 Å². The Labute approximate surface area is 149 Å². The second-order valence-corrected chi connectivity index (χ2v) is 6.59. The highest BCUT2D eigenvalue weighted by atomic mass is 32.1. The van der Waals surface area contributed by atoms with Crippen LogP contribution in [0.2, 0.25) is 0 Å². The summed E-state index contributed by atoms with van der Waals surface area (Å²) in [6.45, 7) is 2.75. The van der Waals surface area contributed by atoms with Crippen molar-refractivity contribution in [1.82, 2.24) is 19.9 Å². The molecule has 3 heterocycles. The number of hydrogen-bond acceptors (Lipinski definition) is 6. The summed E-state index contributed by atoms with van der Waals surface area (Å²) >= 11 is 1.50. The van der Waals surface area contributed by atoms with Crippen LogP contribution in [0.15, 0.2) is 54.2 Å². The van der Waals surface area contributed by atoms with Crippen LogP contribution in [0.25, 0.3) is 10.6 Å². The number of thiazole rings is 1. The SMILES string of the molecule is O=C(c1csc(-c2ccccc2)n1)N1CCN(c2ncccn2)CC1. The lowest BCUT2D eigenvalue weighted by atomic mass is 10.2. The number of piperazine rings is 1. The molecule has 2 aromatic heterocycles. The summed E-state index contributed by atoms with van der Waals surface area (Å²) in [6.07, 6.45) is 3.47. The van der Waals surface area contributed by atoms with Crippen LogP contribution in [0.1, 0.15) is 10.5 Å². The molecule has 7 heteroatoms. The highest BCUT2D eigenvalue weighted by molar-refractivity contribution is 7.13. The maximum absolute atomic E-state index is 12.7. The largest absolute Gasteiger partial charge is 0.337 e. The Hall–Kier alpha value is -2.80. The van der Waals surface area contributed by atoms with E-state index >= 15 is 0 Å². The fraction of sp³-hybridized carbons (Fsp3) is 0.222. The van der Waals surface area contributed by atoms with Crippen molar-refractivity contribution in [3.05, 3.63) is 59.9 Å². The van der Waals surface area contributed by atoms with Gasteiger partial charge in [0.1, 0.15) is 10.7 Å². The van der Waals surface area contributed by atoms with Crippen molar-refractivity contribution in [1.29, 1.82) is 0 Å². The number of nitrogens with zero attached hydrogens (tertiary/aromatic N) is 5. The van der Waals surface area contributed by atoms with Gasteiger partial charge in [0.25, 0.3) is 5.91 Å². The van der Waals surface area contributed by atoms with E-state index in [2.05, 4.69) is 19.9 Å². The predicted octanol–water partition coefficient (Wildman–Crippen LogP) is 2.56. The second kappa shape index (κ2) is 6.98. The lowest BCUT2D eigenvalue weighted by Crippen LogP contribution is -2.49. The van der Waals surface area contributed by atoms with Gasteiger partial charge in [-0.2, -0.15) is 0 Å². The summed E-state index contributed by atoms with van der Waals surface area (Å²) in [6, 6.07) is 11.7. The van der Waals surface area contributed by atoms with Gasteiger partial charge < -0.3 is 9.80 Å². The van der Waals surface area contributed by atoms with Gasteiger partial charge in [0, 0.05) is 49.5 Å². The predicted molar refractivity (Wildman–Crippen MR) is 97.7 cm³/mol. The van der Waals surface area contributed by atoms with Crippen LogP contribution < -0.4 is 4.90 Å². The molecule has 1 saturated heterocycles. The Morgan fingerprint density at radius 2 is 1.68 bits per heavy atom.